The van der Waals surface area contributed by atoms with Gasteiger partial charge in [0.2, 0.25) is 5.91 Å². The second-order valence-corrected chi connectivity index (χ2v) is 4.19. The molecule has 0 aromatic heterocycles. The first-order valence-corrected chi connectivity index (χ1v) is 6.91. The zero-order chi connectivity index (χ0) is 15.0. The van der Waals surface area contributed by atoms with Crippen molar-refractivity contribution < 1.29 is 14.3 Å². The van der Waals surface area contributed by atoms with Gasteiger partial charge in [0.15, 0.2) is 0 Å². The van der Waals surface area contributed by atoms with Gasteiger partial charge < -0.3 is 15.0 Å². The number of rotatable bonds is 7. The van der Waals surface area contributed by atoms with Crippen molar-refractivity contribution in [3.63, 3.8) is 0 Å². The van der Waals surface area contributed by atoms with Gasteiger partial charge in [0.05, 0.1) is 18.7 Å². The number of hydrogen-bond acceptors (Lipinski definition) is 4. The lowest BCUT2D eigenvalue weighted by Gasteiger charge is -2.19. The van der Waals surface area contributed by atoms with E-state index in [1.807, 2.05) is 19.9 Å². The van der Waals surface area contributed by atoms with Gasteiger partial charge >= 0.3 is 5.97 Å². The molecule has 0 saturated heterocycles. The number of ether oxygens (including phenoxy) is 1. The molecule has 0 fully saturated rings. The van der Waals surface area contributed by atoms with Gasteiger partial charge in [-0.3, -0.25) is 4.79 Å². The maximum atomic E-state index is 11.9. The Hall–Kier alpha value is -2.04. The summed E-state index contributed by atoms with van der Waals surface area (Å²) >= 11 is 0. The maximum Gasteiger partial charge on any atom is 0.340 e. The van der Waals surface area contributed by atoms with Gasteiger partial charge in [-0.1, -0.05) is 12.1 Å². The average molecular weight is 278 g/mol. The van der Waals surface area contributed by atoms with Crippen molar-refractivity contribution in [3.8, 4) is 0 Å². The molecule has 20 heavy (non-hydrogen) atoms. The third-order valence-corrected chi connectivity index (χ3v) is 2.97. The minimum Gasteiger partial charge on any atom is -0.462 e. The van der Waals surface area contributed by atoms with Crippen LogP contribution in [0.2, 0.25) is 0 Å². The quantitative estimate of drug-likeness (QED) is 0.776. The van der Waals surface area contributed by atoms with E-state index in [2.05, 4.69) is 5.32 Å². The van der Waals surface area contributed by atoms with Crippen LogP contribution in [-0.2, 0) is 9.53 Å². The van der Waals surface area contributed by atoms with Crippen molar-refractivity contribution in [2.75, 3.05) is 31.6 Å². The maximum absolute atomic E-state index is 11.9. The highest BCUT2D eigenvalue weighted by molar-refractivity contribution is 5.96. The Labute approximate surface area is 119 Å². The summed E-state index contributed by atoms with van der Waals surface area (Å²) in [7, 11) is 0. The summed E-state index contributed by atoms with van der Waals surface area (Å²) in [6, 6.07) is 7.03. The molecule has 0 unspecified atom stereocenters. The molecule has 1 rings (SSSR count). The Balaban J connectivity index is 2.73. The van der Waals surface area contributed by atoms with Gasteiger partial charge in [-0.25, -0.2) is 4.79 Å². The van der Waals surface area contributed by atoms with Crippen molar-refractivity contribution in [2.45, 2.75) is 20.8 Å². The van der Waals surface area contributed by atoms with Crippen LogP contribution in [0.4, 0.5) is 5.69 Å². The van der Waals surface area contributed by atoms with Crippen LogP contribution in [0.3, 0.4) is 0 Å². The molecule has 1 aromatic carbocycles. The molecule has 0 aliphatic heterocycles. The molecule has 0 saturated carbocycles. The highest BCUT2D eigenvalue weighted by Gasteiger charge is 2.14. The summed E-state index contributed by atoms with van der Waals surface area (Å²) in [6.07, 6.45) is 0. The lowest BCUT2D eigenvalue weighted by Crippen LogP contribution is -2.35. The molecule has 0 radical (unpaired) electrons. The standard InChI is InChI=1S/C15H22N2O3/c1-4-17(5-2)14(18)11-16-13-10-8-7-9-12(13)15(19)20-6-3/h7-10,16H,4-6,11H2,1-3H3. The lowest BCUT2D eigenvalue weighted by molar-refractivity contribution is -0.128. The average Bonchev–Trinajstić information content (AvgIpc) is 2.47. The number of amides is 1. The summed E-state index contributed by atoms with van der Waals surface area (Å²) in [5.74, 6) is -0.375. The number of likely N-dealkylation sites (N-methyl/N-ethyl adjacent to an activating group) is 1. The Morgan fingerprint density at radius 3 is 2.40 bits per heavy atom. The number of esters is 1. The number of carbonyl (C=O) groups excluding carboxylic acids is 2. The molecule has 0 spiro atoms. The fraction of sp³-hybridized carbons (Fsp3) is 0.467. The summed E-state index contributed by atoms with van der Waals surface area (Å²) in [5, 5.41) is 3.01. The Morgan fingerprint density at radius 2 is 1.80 bits per heavy atom. The Kier molecular flexibility index (Phi) is 6.56. The van der Waals surface area contributed by atoms with Crippen molar-refractivity contribution in [3.05, 3.63) is 29.8 Å². The number of anilines is 1. The highest BCUT2D eigenvalue weighted by Crippen LogP contribution is 2.16. The second kappa shape index (κ2) is 8.19. The Bertz CT molecular complexity index is 456. The van der Waals surface area contributed by atoms with Crippen LogP contribution in [0.25, 0.3) is 0 Å². The molecule has 1 aromatic rings. The van der Waals surface area contributed by atoms with Crippen LogP contribution in [0.5, 0.6) is 0 Å². The first-order chi connectivity index (χ1) is 9.63. The van der Waals surface area contributed by atoms with Gasteiger partial charge in [0.1, 0.15) is 0 Å². The molecule has 0 aliphatic rings. The highest BCUT2D eigenvalue weighted by atomic mass is 16.5. The summed E-state index contributed by atoms with van der Waals surface area (Å²) < 4.78 is 4.99. The zero-order valence-electron chi connectivity index (χ0n) is 12.3. The van der Waals surface area contributed by atoms with Gasteiger partial charge in [0, 0.05) is 18.8 Å². The molecule has 0 aliphatic carbocycles. The van der Waals surface area contributed by atoms with Crippen LogP contribution in [0, 0.1) is 0 Å². The number of hydrogen-bond donors (Lipinski definition) is 1. The van der Waals surface area contributed by atoms with Crippen molar-refractivity contribution >= 4 is 17.6 Å². The molecular weight excluding hydrogens is 256 g/mol. The molecule has 0 atom stereocenters. The van der Waals surface area contributed by atoms with Crippen LogP contribution >= 0.6 is 0 Å². The van der Waals surface area contributed by atoms with E-state index in [1.165, 1.54) is 0 Å². The lowest BCUT2D eigenvalue weighted by atomic mass is 10.2. The van der Waals surface area contributed by atoms with Crippen molar-refractivity contribution in [1.82, 2.24) is 4.90 Å². The number of para-hydroxylation sites is 1. The van der Waals surface area contributed by atoms with Gasteiger partial charge in [-0.15, -0.1) is 0 Å². The molecular formula is C15H22N2O3. The topological polar surface area (TPSA) is 58.6 Å². The van der Waals surface area contributed by atoms with Crippen molar-refractivity contribution in [2.24, 2.45) is 0 Å². The normalized spacial score (nSPS) is 9.95. The predicted molar refractivity (Wildman–Crippen MR) is 78.8 cm³/mol. The van der Waals surface area contributed by atoms with E-state index in [-0.39, 0.29) is 18.4 Å². The number of nitrogens with zero attached hydrogens (tertiary/aromatic N) is 1. The second-order valence-electron chi connectivity index (χ2n) is 4.19. The first kappa shape index (κ1) is 16.0. The van der Waals surface area contributed by atoms with E-state index in [0.717, 1.165) is 0 Å². The van der Waals surface area contributed by atoms with Crippen molar-refractivity contribution in [1.29, 1.82) is 0 Å². The van der Waals surface area contributed by atoms with E-state index in [1.54, 1.807) is 30.0 Å². The molecule has 5 nitrogen and oxygen atoms in total. The Morgan fingerprint density at radius 1 is 1.15 bits per heavy atom. The largest absolute Gasteiger partial charge is 0.462 e. The van der Waals surface area contributed by atoms with Gasteiger partial charge in [-0.05, 0) is 32.9 Å². The van der Waals surface area contributed by atoms with E-state index in [4.69, 9.17) is 4.74 Å². The molecule has 1 amide bonds. The minimum absolute atomic E-state index is 0.00802. The molecule has 1 N–H and O–H groups in total. The van der Waals surface area contributed by atoms with Crippen LogP contribution in [-0.4, -0.2) is 43.0 Å². The van der Waals surface area contributed by atoms with Crippen LogP contribution < -0.4 is 5.32 Å². The fourth-order valence-corrected chi connectivity index (χ4v) is 1.88. The third kappa shape index (κ3) is 4.26. The summed E-state index contributed by atoms with van der Waals surface area (Å²) in [4.78, 5) is 25.5. The predicted octanol–water partition coefficient (Wildman–Crippen LogP) is 2.14. The molecule has 0 bridgehead atoms. The van der Waals surface area contributed by atoms with Gasteiger partial charge in [-0.2, -0.15) is 0 Å². The smallest absolute Gasteiger partial charge is 0.340 e. The summed E-state index contributed by atoms with van der Waals surface area (Å²) in [5.41, 5.74) is 1.06. The van der Waals surface area contributed by atoms with Gasteiger partial charge in [0.25, 0.3) is 0 Å². The first-order valence-electron chi connectivity index (χ1n) is 6.91. The van der Waals surface area contributed by atoms with E-state index < -0.39 is 0 Å². The molecule has 5 heteroatoms. The van der Waals surface area contributed by atoms with Crippen LogP contribution in [0.15, 0.2) is 24.3 Å². The van der Waals surface area contributed by atoms with E-state index in [0.29, 0.717) is 30.9 Å². The monoisotopic (exact) mass is 278 g/mol. The number of carbonyl (C=O) groups is 2. The molecule has 0 heterocycles. The zero-order valence-corrected chi connectivity index (χ0v) is 12.3. The van der Waals surface area contributed by atoms with E-state index >= 15 is 0 Å². The van der Waals surface area contributed by atoms with Crippen LogP contribution in [0.1, 0.15) is 31.1 Å². The fourth-order valence-electron chi connectivity index (χ4n) is 1.88. The third-order valence-electron chi connectivity index (χ3n) is 2.97. The number of nitrogens with one attached hydrogen (secondary N) is 1. The molecule has 110 valence electrons. The summed E-state index contributed by atoms with van der Waals surface area (Å²) in [6.45, 7) is 7.48. The van der Waals surface area contributed by atoms with E-state index in [9.17, 15) is 9.59 Å². The number of benzene rings is 1. The SMILES string of the molecule is CCOC(=O)c1ccccc1NCC(=O)N(CC)CC. The minimum atomic E-state index is -0.383.